The third kappa shape index (κ3) is 2.75. The standard InChI is InChI=1S/C16H14O3S/c1-19-16(18)14-12(9-6-10-13(14)20-2)15(17)11-7-4-3-5-8-11/h3-10H,1-2H3. The summed E-state index contributed by atoms with van der Waals surface area (Å²) in [5.41, 5.74) is 1.25. The predicted molar refractivity (Wildman–Crippen MR) is 79.4 cm³/mol. The zero-order valence-electron chi connectivity index (χ0n) is 11.3. The van der Waals surface area contributed by atoms with Gasteiger partial charge in [-0.2, -0.15) is 0 Å². The van der Waals surface area contributed by atoms with E-state index in [0.29, 0.717) is 16.7 Å². The van der Waals surface area contributed by atoms with Gasteiger partial charge in [-0.3, -0.25) is 4.79 Å². The van der Waals surface area contributed by atoms with Gasteiger partial charge in [-0.05, 0) is 12.3 Å². The molecule has 2 aromatic rings. The van der Waals surface area contributed by atoms with Crippen LogP contribution >= 0.6 is 11.8 Å². The Balaban J connectivity index is 2.57. The lowest BCUT2D eigenvalue weighted by Gasteiger charge is -2.11. The second-order valence-corrected chi connectivity index (χ2v) is 4.92. The van der Waals surface area contributed by atoms with Gasteiger partial charge >= 0.3 is 5.97 Å². The molecular formula is C16H14O3S. The van der Waals surface area contributed by atoms with Crippen molar-refractivity contribution < 1.29 is 14.3 Å². The Bertz CT molecular complexity index is 635. The zero-order valence-corrected chi connectivity index (χ0v) is 12.1. The maximum absolute atomic E-state index is 12.5. The van der Waals surface area contributed by atoms with Crippen LogP contribution in [0.3, 0.4) is 0 Å². The summed E-state index contributed by atoms with van der Waals surface area (Å²) in [7, 11) is 1.32. The van der Waals surface area contributed by atoms with Crippen molar-refractivity contribution in [2.75, 3.05) is 13.4 Å². The minimum absolute atomic E-state index is 0.179. The van der Waals surface area contributed by atoms with E-state index in [9.17, 15) is 9.59 Å². The van der Waals surface area contributed by atoms with Crippen molar-refractivity contribution >= 4 is 23.5 Å². The normalized spacial score (nSPS) is 10.1. The second-order valence-electron chi connectivity index (χ2n) is 4.07. The number of carbonyl (C=O) groups is 2. The van der Waals surface area contributed by atoms with Gasteiger partial charge in [0.15, 0.2) is 5.78 Å². The predicted octanol–water partition coefficient (Wildman–Crippen LogP) is 3.43. The van der Waals surface area contributed by atoms with Gasteiger partial charge in [0.25, 0.3) is 0 Å². The van der Waals surface area contributed by atoms with Gasteiger partial charge in [0.05, 0.1) is 12.7 Å². The number of methoxy groups -OCH3 is 1. The Morgan fingerprint density at radius 3 is 2.30 bits per heavy atom. The average Bonchev–Trinajstić information content (AvgIpc) is 2.53. The van der Waals surface area contributed by atoms with Crippen LogP contribution in [0, 0.1) is 0 Å². The van der Waals surface area contributed by atoms with Crippen molar-refractivity contribution in [1.82, 2.24) is 0 Å². The summed E-state index contributed by atoms with van der Waals surface area (Å²) in [4.78, 5) is 25.2. The first-order valence-corrected chi connectivity index (χ1v) is 7.26. The van der Waals surface area contributed by atoms with Gasteiger partial charge < -0.3 is 4.74 Å². The quantitative estimate of drug-likeness (QED) is 0.490. The third-order valence-corrected chi connectivity index (χ3v) is 3.70. The molecule has 0 spiro atoms. The Kier molecular flexibility index (Phi) is 4.58. The second kappa shape index (κ2) is 6.39. The molecule has 0 aromatic heterocycles. The number of hydrogen-bond donors (Lipinski definition) is 0. The molecule has 0 saturated carbocycles. The van der Waals surface area contributed by atoms with Gasteiger partial charge in [0.1, 0.15) is 0 Å². The number of ketones is 1. The van der Waals surface area contributed by atoms with Crippen LogP contribution in [0.25, 0.3) is 0 Å². The molecular weight excluding hydrogens is 272 g/mol. The summed E-state index contributed by atoms with van der Waals surface area (Å²) < 4.78 is 4.80. The molecule has 0 fully saturated rings. The van der Waals surface area contributed by atoms with Crippen molar-refractivity contribution in [3.05, 3.63) is 65.2 Å². The molecule has 0 bridgehead atoms. The highest BCUT2D eigenvalue weighted by Crippen LogP contribution is 2.26. The summed E-state index contributed by atoms with van der Waals surface area (Å²) >= 11 is 1.41. The molecule has 0 N–H and O–H groups in total. The van der Waals surface area contributed by atoms with Crippen LogP contribution in [-0.2, 0) is 4.74 Å². The van der Waals surface area contributed by atoms with Crippen LogP contribution in [0.4, 0.5) is 0 Å². The van der Waals surface area contributed by atoms with Crippen LogP contribution in [0.5, 0.6) is 0 Å². The molecule has 0 saturated heterocycles. The molecule has 0 aliphatic heterocycles. The maximum atomic E-state index is 12.5. The SMILES string of the molecule is COC(=O)c1c(SC)cccc1C(=O)c1ccccc1. The molecule has 20 heavy (non-hydrogen) atoms. The van der Waals surface area contributed by atoms with Gasteiger partial charge in [0, 0.05) is 16.0 Å². The minimum atomic E-state index is -0.491. The molecule has 3 nitrogen and oxygen atoms in total. The number of benzene rings is 2. The largest absolute Gasteiger partial charge is 0.465 e. The molecule has 0 aliphatic rings. The fourth-order valence-electron chi connectivity index (χ4n) is 1.95. The average molecular weight is 286 g/mol. The van der Waals surface area contributed by atoms with Gasteiger partial charge in [-0.15, -0.1) is 11.8 Å². The summed E-state index contributed by atoms with van der Waals surface area (Å²) in [6.45, 7) is 0. The number of thioether (sulfide) groups is 1. The molecule has 0 amide bonds. The van der Waals surface area contributed by atoms with Crippen LogP contribution in [0.2, 0.25) is 0 Å². The number of esters is 1. The van der Waals surface area contributed by atoms with E-state index in [0.717, 1.165) is 4.90 Å². The molecule has 0 heterocycles. The summed E-state index contributed by atoms with van der Waals surface area (Å²) in [5.74, 6) is -0.670. The summed E-state index contributed by atoms with van der Waals surface area (Å²) in [6.07, 6.45) is 1.86. The lowest BCUT2D eigenvalue weighted by atomic mass is 9.98. The molecule has 0 atom stereocenters. The number of rotatable bonds is 4. The highest BCUT2D eigenvalue weighted by molar-refractivity contribution is 7.98. The number of carbonyl (C=O) groups excluding carboxylic acids is 2. The Hall–Kier alpha value is -2.07. The topological polar surface area (TPSA) is 43.4 Å². The minimum Gasteiger partial charge on any atom is -0.465 e. The first-order chi connectivity index (χ1) is 9.69. The lowest BCUT2D eigenvalue weighted by molar-refractivity contribution is 0.0593. The molecule has 0 aliphatic carbocycles. The number of ether oxygens (including phenoxy) is 1. The van der Waals surface area contributed by atoms with E-state index in [-0.39, 0.29) is 5.78 Å². The smallest absolute Gasteiger partial charge is 0.339 e. The van der Waals surface area contributed by atoms with E-state index in [2.05, 4.69) is 0 Å². The van der Waals surface area contributed by atoms with E-state index >= 15 is 0 Å². The molecule has 102 valence electrons. The first-order valence-electron chi connectivity index (χ1n) is 6.04. The zero-order chi connectivity index (χ0) is 14.5. The molecule has 4 heteroatoms. The van der Waals surface area contributed by atoms with Gasteiger partial charge in [-0.25, -0.2) is 4.79 Å². The van der Waals surface area contributed by atoms with Crippen LogP contribution in [-0.4, -0.2) is 25.1 Å². The Morgan fingerprint density at radius 2 is 1.70 bits per heavy atom. The van der Waals surface area contributed by atoms with Gasteiger partial charge in [-0.1, -0.05) is 42.5 Å². The van der Waals surface area contributed by atoms with Crippen molar-refractivity contribution in [3.63, 3.8) is 0 Å². The fraction of sp³-hybridized carbons (Fsp3) is 0.125. The molecule has 0 radical (unpaired) electrons. The third-order valence-electron chi connectivity index (χ3n) is 2.92. The monoisotopic (exact) mass is 286 g/mol. The summed E-state index contributed by atoms with van der Waals surface area (Å²) in [5, 5.41) is 0. The van der Waals surface area contributed by atoms with Crippen molar-refractivity contribution in [3.8, 4) is 0 Å². The molecule has 0 unspecified atom stereocenters. The Morgan fingerprint density at radius 1 is 1.00 bits per heavy atom. The van der Waals surface area contributed by atoms with E-state index in [4.69, 9.17) is 4.74 Å². The maximum Gasteiger partial charge on any atom is 0.339 e. The molecule has 2 aromatic carbocycles. The van der Waals surface area contributed by atoms with E-state index in [1.54, 1.807) is 42.5 Å². The highest BCUT2D eigenvalue weighted by atomic mass is 32.2. The van der Waals surface area contributed by atoms with Crippen molar-refractivity contribution in [1.29, 1.82) is 0 Å². The highest BCUT2D eigenvalue weighted by Gasteiger charge is 2.21. The van der Waals surface area contributed by atoms with Crippen molar-refractivity contribution in [2.45, 2.75) is 4.90 Å². The van der Waals surface area contributed by atoms with Crippen molar-refractivity contribution in [2.24, 2.45) is 0 Å². The molecule has 2 rings (SSSR count). The van der Waals surface area contributed by atoms with Crippen LogP contribution < -0.4 is 0 Å². The van der Waals surface area contributed by atoms with Gasteiger partial charge in [0.2, 0.25) is 0 Å². The van der Waals surface area contributed by atoms with E-state index in [1.165, 1.54) is 18.9 Å². The summed E-state index contributed by atoms with van der Waals surface area (Å²) in [6, 6.07) is 14.1. The van der Waals surface area contributed by atoms with E-state index < -0.39 is 5.97 Å². The van der Waals surface area contributed by atoms with Crippen LogP contribution in [0.1, 0.15) is 26.3 Å². The fourth-order valence-corrected chi connectivity index (χ4v) is 2.56. The van der Waals surface area contributed by atoms with Crippen LogP contribution in [0.15, 0.2) is 53.4 Å². The Labute approximate surface area is 122 Å². The van der Waals surface area contributed by atoms with E-state index in [1.807, 2.05) is 12.3 Å². The lowest BCUT2D eigenvalue weighted by Crippen LogP contribution is -2.12. The first kappa shape index (κ1) is 14.3. The number of hydrogen-bond acceptors (Lipinski definition) is 4.